The third-order valence-electron chi connectivity index (χ3n) is 5.77. The molecule has 7 heteroatoms. The van der Waals surface area contributed by atoms with Crippen LogP contribution in [0, 0.1) is 0 Å². The van der Waals surface area contributed by atoms with E-state index in [0.29, 0.717) is 13.1 Å². The number of pyridine rings is 1. The SMILES string of the molecule is CC(C)(C)OC(=O)N1CC(B2OC(C)(C)C(C)(C)O2)C(c2ccncc2)C1. The molecule has 27 heavy (non-hydrogen) atoms. The van der Waals surface area contributed by atoms with Gasteiger partial charge < -0.3 is 18.9 Å². The molecule has 1 amide bonds. The first-order valence-electron chi connectivity index (χ1n) is 9.63. The molecular weight excluding hydrogens is 343 g/mol. The molecule has 148 valence electrons. The fraction of sp³-hybridized carbons (Fsp3) is 0.700. The monoisotopic (exact) mass is 374 g/mol. The highest BCUT2D eigenvalue weighted by molar-refractivity contribution is 6.48. The van der Waals surface area contributed by atoms with Crippen molar-refractivity contribution in [2.45, 2.75) is 77.0 Å². The van der Waals surface area contributed by atoms with Crippen LogP contribution in [-0.4, -0.2) is 53.0 Å². The van der Waals surface area contributed by atoms with Crippen molar-refractivity contribution in [3.63, 3.8) is 0 Å². The van der Waals surface area contributed by atoms with Gasteiger partial charge in [-0.15, -0.1) is 0 Å². The van der Waals surface area contributed by atoms with Crippen molar-refractivity contribution in [3.05, 3.63) is 30.1 Å². The second-order valence-electron chi connectivity index (χ2n) is 9.56. The summed E-state index contributed by atoms with van der Waals surface area (Å²) in [6, 6.07) is 4.00. The molecule has 2 unspecified atom stereocenters. The van der Waals surface area contributed by atoms with Gasteiger partial charge in [0.2, 0.25) is 0 Å². The minimum atomic E-state index is -0.522. The van der Waals surface area contributed by atoms with E-state index in [-0.39, 0.29) is 24.9 Å². The molecule has 6 nitrogen and oxygen atoms in total. The standard InChI is InChI=1S/C20H31BN2O4/c1-18(2,3)25-17(24)23-12-15(14-8-10-22-11-9-14)16(13-23)21-26-19(4,5)20(6,7)27-21/h8-11,15-16H,12-13H2,1-7H3. The molecule has 3 rings (SSSR count). The lowest BCUT2D eigenvalue weighted by molar-refractivity contribution is 0.00578. The predicted molar refractivity (Wildman–Crippen MR) is 105 cm³/mol. The molecule has 2 saturated heterocycles. The summed E-state index contributed by atoms with van der Waals surface area (Å²) in [5.74, 6) is 0.135. The van der Waals surface area contributed by atoms with Crippen LogP contribution in [-0.2, 0) is 14.0 Å². The molecule has 0 bridgehead atoms. The van der Waals surface area contributed by atoms with Gasteiger partial charge in [-0.05, 0) is 66.2 Å². The molecular formula is C20H31BN2O4. The molecule has 0 aromatic carbocycles. The van der Waals surface area contributed by atoms with E-state index in [1.165, 1.54) is 0 Å². The van der Waals surface area contributed by atoms with Gasteiger partial charge in [0.1, 0.15) is 5.60 Å². The summed E-state index contributed by atoms with van der Waals surface area (Å²) in [6.45, 7) is 15.0. The van der Waals surface area contributed by atoms with Crippen LogP contribution in [0.25, 0.3) is 0 Å². The molecule has 2 aliphatic heterocycles. The van der Waals surface area contributed by atoms with E-state index >= 15 is 0 Å². The molecule has 0 spiro atoms. The van der Waals surface area contributed by atoms with E-state index < -0.39 is 16.8 Å². The zero-order chi connectivity index (χ0) is 20.0. The van der Waals surface area contributed by atoms with Crippen molar-refractivity contribution < 1.29 is 18.8 Å². The third kappa shape index (κ3) is 4.14. The summed E-state index contributed by atoms with van der Waals surface area (Å²) in [5, 5.41) is 0. The second-order valence-corrected chi connectivity index (χ2v) is 9.56. The average Bonchev–Trinajstić information content (AvgIpc) is 3.06. The van der Waals surface area contributed by atoms with Crippen LogP contribution < -0.4 is 0 Å². The van der Waals surface area contributed by atoms with E-state index in [9.17, 15) is 4.79 Å². The number of carbonyl (C=O) groups excluding carboxylic acids is 1. The van der Waals surface area contributed by atoms with Gasteiger partial charge in [0.15, 0.2) is 0 Å². The Hall–Kier alpha value is -1.60. The van der Waals surface area contributed by atoms with Crippen LogP contribution >= 0.6 is 0 Å². The molecule has 2 atom stereocenters. The van der Waals surface area contributed by atoms with Gasteiger partial charge in [-0.2, -0.15) is 0 Å². The van der Waals surface area contributed by atoms with Crippen molar-refractivity contribution in [1.29, 1.82) is 0 Å². The van der Waals surface area contributed by atoms with E-state index in [2.05, 4.69) is 32.7 Å². The summed E-state index contributed by atoms with van der Waals surface area (Å²) in [4.78, 5) is 18.6. The predicted octanol–water partition coefficient (Wildman–Crippen LogP) is 3.88. The van der Waals surface area contributed by atoms with Crippen molar-refractivity contribution in [2.75, 3.05) is 13.1 Å². The topological polar surface area (TPSA) is 60.9 Å². The normalized spacial score (nSPS) is 27.1. The maximum atomic E-state index is 12.7. The largest absolute Gasteiger partial charge is 0.463 e. The number of amides is 1. The zero-order valence-electron chi connectivity index (χ0n) is 17.5. The number of nitrogens with zero attached hydrogens (tertiary/aromatic N) is 2. The average molecular weight is 374 g/mol. The number of hydrogen-bond acceptors (Lipinski definition) is 5. The van der Waals surface area contributed by atoms with Gasteiger partial charge in [-0.25, -0.2) is 4.79 Å². The van der Waals surface area contributed by atoms with Crippen molar-refractivity contribution in [2.24, 2.45) is 0 Å². The van der Waals surface area contributed by atoms with Crippen molar-refractivity contribution in [1.82, 2.24) is 9.88 Å². The Morgan fingerprint density at radius 1 is 1.15 bits per heavy atom. The maximum Gasteiger partial charge on any atom is 0.463 e. The van der Waals surface area contributed by atoms with Gasteiger partial charge in [0.25, 0.3) is 0 Å². The Balaban J connectivity index is 1.85. The summed E-state index contributed by atoms with van der Waals surface area (Å²) >= 11 is 0. The number of hydrogen-bond donors (Lipinski definition) is 0. The minimum Gasteiger partial charge on any atom is -0.444 e. The lowest BCUT2D eigenvalue weighted by Crippen LogP contribution is -2.41. The highest BCUT2D eigenvalue weighted by Gasteiger charge is 2.57. The summed E-state index contributed by atoms with van der Waals surface area (Å²) in [5.41, 5.74) is -0.193. The first-order valence-corrected chi connectivity index (χ1v) is 9.63. The zero-order valence-corrected chi connectivity index (χ0v) is 17.5. The van der Waals surface area contributed by atoms with Gasteiger partial charge in [0, 0.05) is 37.2 Å². The fourth-order valence-electron chi connectivity index (χ4n) is 3.61. The molecule has 0 radical (unpaired) electrons. The quantitative estimate of drug-likeness (QED) is 0.736. The van der Waals surface area contributed by atoms with Crippen LogP contribution in [0.2, 0.25) is 5.82 Å². The lowest BCUT2D eigenvalue weighted by atomic mass is 9.65. The molecule has 0 N–H and O–H groups in total. The molecule has 1 aromatic heterocycles. The Labute approximate surface area is 162 Å². The number of aromatic nitrogens is 1. The Bertz CT molecular complexity index is 671. The Morgan fingerprint density at radius 3 is 2.22 bits per heavy atom. The summed E-state index contributed by atoms with van der Waals surface area (Å²) < 4.78 is 18.2. The number of ether oxygens (including phenoxy) is 1. The highest BCUT2D eigenvalue weighted by Crippen LogP contribution is 2.47. The lowest BCUT2D eigenvalue weighted by Gasteiger charge is -2.32. The molecule has 1 aromatic rings. The first kappa shape index (κ1) is 20.1. The first-order chi connectivity index (χ1) is 12.4. The van der Waals surface area contributed by atoms with E-state index in [4.69, 9.17) is 14.0 Å². The number of carbonyl (C=O) groups is 1. The van der Waals surface area contributed by atoms with Gasteiger partial charge in [-0.1, -0.05) is 0 Å². The van der Waals surface area contributed by atoms with E-state index in [1.807, 2.05) is 32.9 Å². The Kier molecular flexibility index (Phi) is 5.06. The van der Waals surface area contributed by atoms with Crippen LogP contribution in [0.1, 0.15) is 59.9 Å². The fourth-order valence-corrected chi connectivity index (χ4v) is 3.61. The van der Waals surface area contributed by atoms with Crippen LogP contribution in [0.3, 0.4) is 0 Å². The van der Waals surface area contributed by atoms with Gasteiger partial charge in [-0.3, -0.25) is 4.98 Å². The Morgan fingerprint density at radius 2 is 1.70 bits per heavy atom. The minimum absolute atomic E-state index is 0.0287. The smallest absolute Gasteiger partial charge is 0.444 e. The molecule has 0 saturated carbocycles. The van der Waals surface area contributed by atoms with E-state index in [0.717, 1.165) is 5.56 Å². The molecule has 3 heterocycles. The van der Waals surface area contributed by atoms with Crippen molar-refractivity contribution in [3.8, 4) is 0 Å². The van der Waals surface area contributed by atoms with Crippen molar-refractivity contribution >= 4 is 13.2 Å². The van der Waals surface area contributed by atoms with Crippen LogP contribution in [0.15, 0.2) is 24.5 Å². The molecule has 2 fully saturated rings. The number of rotatable bonds is 2. The maximum absolute atomic E-state index is 12.7. The molecule has 0 aliphatic carbocycles. The third-order valence-corrected chi connectivity index (χ3v) is 5.77. The van der Waals surface area contributed by atoms with E-state index in [1.54, 1.807) is 17.3 Å². The summed E-state index contributed by atoms with van der Waals surface area (Å²) in [6.07, 6.45) is 3.28. The highest BCUT2D eigenvalue weighted by atomic mass is 16.7. The van der Waals surface area contributed by atoms with Gasteiger partial charge >= 0.3 is 13.2 Å². The number of likely N-dealkylation sites (tertiary alicyclic amines) is 1. The second kappa shape index (κ2) is 6.78. The summed E-state index contributed by atoms with van der Waals surface area (Å²) in [7, 11) is -0.374. The van der Waals surface area contributed by atoms with Gasteiger partial charge in [0.05, 0.1) is 11.2 Å². The van der Waals surface area contributed by atoms with Crippen LogP contribution in [0.5, 0.6) is 0 Å². The molecule has 2 aliphatic rings. The van der Waals surface area contributed by atoms with Crippen LogP contribution in [0.4, 0.5) is 4.79 Å².